The Morgan fingerprint density at radius 3 is 2.21 bits per heavy atom. The van der Waals surface area contributed by atoms with Crippen LogP contribution in [0.15, 0.2) is 54.7 Å². The molecule has 0 atom stereocenters. The van der Waals surface area contributed by atoms with E-state index in [9.17, 15) is 13.2 Å². The third kappa shape index (κ3) is 6.15. The maximum absolute atomic E-state index is 13.6. The second-order valence-corrected chi connectivity index (χ2v) is 8.20. The van der Waals surface area contributed by atoms with Crippen LogP contribution >= 0.6 is 0 Å². The highest BCUT2D eigenvalue weighted by atomic mass is 19.4. The van der Waals surface area contributed by atoms with Crippen molar-refractivity contribution in [3.8, 4) is 5.75 Å². The predicted molar refractivity (Wildman–Crippen MR) is 123 cm³/mol. The molecule has 0 bridgehead atoms. The average Bonchev–Trinajstić information content (AvgIpc) is 3.29. The number of hydrogen-bond acceptors (Lipinski definition) is 5. The molecule has 0 spiro atoms. The molecule has 2 N–H and O–H groups in total. The first-order valence-electron chi connectivity index (χ1n) is 11.2. The standard InChI is InChI=1S/C25H27F3N4O/c1-2-5-17-8-10-19(11-9-17)31-24-29-16-22(25(26,27)28)23(32-24)30-18-12-14-21(15-13-18)33-20-6-3-4-7-20/h8-16,20H,2-7H2,1H3,(H2,29,30,31,32). The van der Waals surface area contributed by atoms with Crippen LogP contribution in [0.1, 0.15) is 50.2 Å². The van der Waals surface area contributed by atoms with Gasteiger partial charge in [0, 0.05) is 17.6 Å². The molecule has 0 amide bonds. The summed E-state index contributed by atoms with van der Waals surface area (Å²) < 4.78 is 46.6. The van der Waals surface area contributed by atoms with Gasteiger partial charge in [0.25, 0.3) is 0 Å². The van der Waals surface area contributed by atoms with Gasteiger partial charge in [-0.3, -0.25) is 0 Å². The summed E-state index contributed by atoms with van der Waals surface area (Å²) in [6, 6.07) is 14.6. The predicted octanol–water partition coefficient (Wildman–Crippen LogP) is 7.26. The van der Waals surface area contributed by atoms with Crippen molar-refractivity contribution in [2.75, 3.05) is 10.6 Å². The molecule has 5 nitrogen and oxygen atoms in total. The Hall–Kier alpha value is -3.29. The number of halogens is 3. The molecule has 1 fully saturated rings. The highest BCUT2D eigenvalue weighted by Gasteiger charge is 2.35. The number of ether oxygens (including phenoxy) is 1. The van der Waals surface area contributed by atoms with Crippen molar-refractivity contribution in [1.82, 2.24) is 9.97 Å². The summed E-state index contributed by atoms with van der Waals surface area (Å²) >= 11 is 0. The van der Waals surface area contributed by atoms with Crippen LogP contribution in [0, 0.1) is 0 Å². The van der Waals surface area contributed by atoms with Crippen LogP contribution in [0.3, 0.4) is 0 Å². The molecule has 1 aliphatic rings. The fraction of sp³-hybridized carbons (Fsp3) is 0.360. The molecule has 1 heterocycles. The van der Waals surface area contributed by atoms with Crippen molar-refractivity contribution in [2.24, 2.45) is 0 Å². The Balaban J connectivity index is 1.51. The van der Waals surface area contributed by atoms with Gasteiger partial charge >= 0.3 is 6.18 Å². The van der Waals surface area contributed by atoms with E-state index in [1.54, 1.807) is 24.3 Å². The minimum absolute atomic E-state index is 0.0786. The van der Waals surface area contributed by atoms with Gasteiger partial charge in [-0.15, -0.1) is 0 Å². The van der Waals surface area contributed by atoms with E-state index in [1.165, 1.54) is 5.56 Å². The number of benzene rings is 2. The Bertz CT molecular complexity index is 1050. The van der Waals surface area contributed by atoms with Crippen LogP contribution in [0.25, 0.3) is 0 Å². The van der Waals surface area contributed by atoms with Gasteiger partial charge in [0.2, 0.25) is 5.95 Å². The molecule has 1 saturated carbocycles. The molecule has 2 aromatic carbocycles. The molecule has 0 radical (unpaired) electrons. The van der Waals surface area contributed by atoms with Crippen LogP contribution in [0.5, 0.6) is 5.75 Å². The van der Waals surface area contributed by atoms with Crippen molar-refractivity contribution in [2.45, 2.75) is 57.7 Å². The molecule has 4 rings (SSSR count). The number of rotatable bonds is 8. The second kappa shape index (κ2) is 10.1. The molecular weight excluding hydrogens is 429 g/mol. The van der Waals surface area contributed by atoms with Gasteiger partial charge in [-0.1, -0.05) is 25.5 Å². The third-order valence-corrected chi connectivity index (χ3v) is 5.56. The van der Waals surface area contributed by atoms with Crippen LogP contribution in [-0.4, -0.2) is 16.1 Å². The van der Waals surface area contributed by atoms with E-state index in [1.807, 2.05) is 24.3 Å². The summed E-state index contributed by atoms with van der Waals surface area (Å²) in [5, 5.41) is 5.76. The number of hydrogen-bond donors (Lipinski definition) is 2. The summed E-state index contributed by atoms with van der Waals surface area (Å²) in [5.74, 6) is 0.474. The summed E-state index contributed by atoms with van der Waals surface area (Å²) in [5.41, 5.74) is 1.44. The lowest BCUT2D eigenvalue weighted by molar-refractivity contribution is -0.137. The summed E-state index contributed by atoms with van der Waals surface area (Å²) in [6.07, 6.45) is 2.82. The Morgan fingerprint density at radius 2 is 1.58 bits per heavy atom. The highest BCUT2D eigenvalue weighted by Crippen LogP contribution is 2.35. The monoisotopic (exact) mass is 456 g/mol. The summed E-state index contributed by atoms with van der Waals surface area (Å²) in [7, 11) is 0. The largest absolute Gasteiger partial charge is 0.490 e. The quantitative estimate of drug-likeness (QED) is 0.374. The fourth-order valence-corrected chi connectivity index (χ4v) is 3.87. The van der Waals surface area contributed by atoms with Gasteiger partial charge in [-0.05, 0) is 74.1 Å². The number of aryl methyl sites for hydroxylation is 1. The SMILES string of the molecule is CCCc1ccc(Nc2ncc(C(F)(F)F)c(Nc3ccc(OC4CCCC4)cc3)n2)cc1. The normalized spacial score (nSPS) is 14.3. The maximum Gasteiger partial charge on any atom is 0.421 e. The van der Waals surface area contributed by atoms with Gasteiger partial charge in [0.05, 0.1) is 6.10 Å². The lowest BCUT2D eigenvalue weighted by Gasteiger charge is -2.16. The van der Waals surface area contributed by atoms with E-state index in [0.29, 0.717) is 17.1 Å². The molecule has 1 aliphatic carbocycles. The number of nitrogens with one attached hydrogen (secondary N) is 2. The summed E-state index contributed by atoms with van der Waals surface area (Å²) in [6.45, 7) is 2.10. The van der Waals surface area contributed by atoms with Crippen LogP contribution in [0.4, 0.5) is 36.3 Å². The van der Waals surface area contributed by atoms with Gasteiger partial charge < -0.3 is 15.4 Å². The van der Waals surface area contributed by atoms with E-state index in [0.717, 1.165) is 44.7 Å². The minimum Gasteiger partial charge on any atom is -0.490 e. The molecule has 8 heteroatoms. The van der Waals surface area contributed by atoms with Crippen molar-refractivity contribution in [3.05, 3.63) is 65.9 Å². The van der Waals surface area contributed by atoms with Gasteiger partial charge in [-0.25, -0.2) is 4.98 Å². The van der Waals surface area contributed by atoms with E-state index in [2.05, 4.69) is 27.5 Å². The van der Waals surface area contributed by atoms with Crippen molar-refractivity contribution < 1.29 is 17.9 Å². The number of aromatic nitrogens is 2. The molecule has 0 aliphatic heterocycles. The average molecular weight is 457 g/mol. The molecule has 0 unspecified atom stereocenters. The smallest absolute Gasteiger partial charge is 0.421 e. The van der Waals surface area contributed by atoms with E-state index < -0.39 is 11.7 Å². The molecule has 33 heavy (non-hydrogen) atoms. The first-order chi connectivity index (χ1) is 15.9. The zero-order valence-corrected chi connectivity index (χ0v) is 18.5. The topological polar surface area (TPSA) is 59.1 Å². The van der Waals surface area contributed by atoms with Crippen LogP contribution in [0.2, 0.25) is 0 Å². The Labute approximate surface area is 191 Å². The zero-order chi connectivity index (χ0) is 23.3. The van der Waals surface area contributed by atoms with E-state index >= 15 is 0 Å². The van der Waals surface area contributed by atoms with Crippen molar-refractivity contribution in [3.63, 3.8) is 0 Å². The lowest BCUT2D eigenvalue weighted by Crippen LogP contribution is -2.13. The maximum atomic E-state index is 13.6. The third-order valence-electron chi connectivity index (χ3n) is 5.56. The Morgan fingerprint density at radius 1 is 0.939 bits per heavy atom. The van der Waals surface area contributed by atoms with E-state index in [-0.39, 0.29) is 17.9 Å². The molecule has 0 saturated heterocycles. The molecule has 174 valence electrons. The first kappa shape index (κ1) is 22.9. The van der Waals surface area contributed by atoms with Crippen LogP contribution < -0.4 is 15.4 Å². The van der Waals surface area contributed by atoms with Gasteiger partial charge in [0.15, 0.2) is 0 Å². The summed E-state index contributed by atoms with van der Waals surface area (Å²) in [4.78, 5) is 7.98. The highest BCUT2D eigenvalue weighted by molar-refractivity contribution is 5.63. The second-order valence-electron chi connectivity index (χ2n) is 8.20. The van der Waals surface area contributed by atoms with Crippen molar-refractivity contribution in [1.29, 1.82) is 0 Å². The molecule has 3 aromatic rings. The van der Waals surface area contributed by atoms with Crippen LogP contribution in [-0.2, 0) is 12.6 Å². The first-order valence-corrected chi connectivity index (χ1v) is 11.2. The van der Waals surface area contributed by atoms with E-state index in [4.69, 9.17) is 4.74 Å². The van der Waals surface area contributed by atoms with Gasteiger partial charge in [-0.2, -0.15) is 18.2 Å². The minimum atomic E-state index is -4.59. The number of alkyl halides is 3. The number of nitrogens with zero attached hydrogens (tertiary/aromatic N) is 2. The number of anilines is 4. The fourth-order valence-electron chi connectivity index (χ4n) is 3.87. The van der Waals surface area contributed by atoms with Gasteiger partial charge in [0.1, 0.15) is 17.1 Å². The molecular formula is C25H27F3N4O. The molecule has 1 aromatic heterocycles. The Kier molecular flexibility index (Phi) is 7.01. The van der Waals surface area contributed by atoms with Crippen molar-refractivity contribution >= 4 is 23.1 Å². The zero-order valence-electron chi connectivity index (χ0n) is 18.5. The lowest BCUT2D eigenvalue weighted by atomic mass is 10.1.